The molecular formula is C12H20N4O6S. The van der Waals surface area contributed by atoms with Crippen molar-refractivity contribution < 1.29 is 18.3 Å². The monoisotopic (exact) mass is 348 g/mol. The van der Waals surface area contributed by atoms with Gasteiger partial charge in [0.1, 0.15) is 12.1 Å². The summed E-state index contributed by atoms with van der Waals surface area (Å²) in [6.07, 6.45) is 2.50. The zero-order chi connectivity index (χ0) is 17.8. The number of hydrogen-bond acceptors (Lipinski definition) is 7. The summed E-state index contributed by atoms with van der Waals surface area (Å²) in [5.74, 6) is 0. The molecule has 10 nitrogen and oxygen atoms in total. The number of allylic oxidation sites excluding steroid dienone is 1. The fraction of sp³-hybridized carbons (Fsp3) is 0.667. The van der Waals surface area contributed by atoms with Crippen LogP contribution in [0.5, 0.6) is 0 Å². The lowest BCUT2D eigenvalue weighted by atomic mass is 10.0. The van der Waals surface area contributed by atoms with Crippen molar-refractivity contribution in [2.45, 2.75) is 38.0 Å². The Morgan fingerprint density at radius 1 is 1.26 bits per heavy atom. The molecule has 130 valence electrons. The van der Waals surface area contributed by atoms with E-state index in [4.69, 9.17) is 5.14 Å². The average molecular weight is 348 g/mol. The van der Waals surface area contributed by atoms with Crippen LogP contribution in [0.25, 0.3) is 0 Å². The third kappa shape index (κ3) is 3.67. The molecule has 0 aliphatic heterocycles. The summed E-state index contributed by atoms with van der Waals surface area (Å²) in [5.41, 5.74) is -0.319. The molecule has 0 aromatic carbocycles. The van der Waals surface area contributed by atoms with E-state index >= 15 is 0 Å². The van der Waals surface area contributed by atoms with Crippen LogP contribution in [0.4, 0.5) is 0 Å². The fourth-order valence-corrected chi connectivity index (χ4v) is 3.26. The molecule has 0 heterocycles. The Labute approximate surface area is 134 Å². The Balaban J connectivity index is 3.44. The predicted octanol–water partition coefficient (Wildman–Crippen LogP) is 0.818. The van der Waals surface area contributed by atoms with Crippen LogP contribution in [-0.4, -0.2) is 41.1 Å². The van der Waals surface area contributed by atoms with Crippen molar-refractivity contribution in [3.63, 3.8) is 0 Å². The highest BCUT2D eigenvalue weighted by Gasteiger charge is 2.57. The van der Waals surface area contributed by atoms with Crippen molar-refractivity contribution in [1.82, 2.24) is 4.90 Å². The third-order valence-electron chi connectivity index (χ3n) is 3.57. The highest BCUT2D eigenvalue weighted by molar-refractivity contribution is 7.90. The van der Waals surface area contributed by atoms with Crippen molar-refractivity contribution >= 4 is 10.0 Å². The summed E-state index contributed by atoms with van der Waals surface area (Å²) in [6, 6.07) is 0. The van der Waals surface area contributed by atoms with Crippen molar-refractivity contribution in [2.75, 3.05) is 13.1 Å². The maximum Gasteiger partial charge on any atom is 0.360 e. The van der Waals surface area contributed by atoms with Crippen molar-refractivity contribution in [2.24, 2.45) is 5.14 Å². The van der Waals surface area contributed by atoms with E-state index in [-0.39, 0.29) is 5.70 Å². The smallest absolute Gasteiger partial charge is 0.360 e. The van der Waals surface area contributed by atoms with Gasteiger partial charge in [-0.1, -0.05) is 13.8 Å². The molecule has 0 bridgehead atoms. The summed E-state index contributed by atoms with van der Waals surface area (Å²) in [4.78, 5) is 19.7. The van der Waals surface area contributed by atoms with Crippen LogP contribution < -0.4 is 5.14 Å². The van der Waals surface area contributed by atoms with Crippen LogP contribution in [0, 0.1) is 20.2 Å². The summed E-state index contributed by atoms with van der Waals surface area (Å²) in [6.45, 7) is 4.83. The number of primary sulfonamides is 1. The summed E-state index contributed by atoms with van der Waals surface area (Å²) in [7, 11) is -4.67. The molecule has 2 N–H and O–H groups in total. The van der Waals surface area contributed by atoms with E-state index < -0.39 is 36.9 Å². The normalized spacial score (nSPS) is 21.3. The molecular weight excluding hydrogens is 328 g/mol. The minimum atomic E-state index is -4.67. The minimum absolute atomic E-state index is 0.194. The third-order valence-corrected chi connectivity index (χ3v) is 4.98. The van der Waals surface area contributed by atoms with Crippen molar-refractivity contribution in [3.8, 4) is 0 Å². The first-order valence-corrected chi connectivity index (χ1v) is 8.64. The Kier molecular flexibility index (Phi) is 5.83. The van der Waals surface area contributed by atoms with Gasteiger partial charge in [-0.2, -0.15) is 0 Å². The van der Waals surface area contributed by atoms with Crippen LogP contribution in [0.1, 0.15) is 33.1 Å². The largest absolute Gasteiger partial charge is 0.366 e. The van der Waals surface area contributed by atoms with Gasteiger partial charge in [0.2, 0.25) is 0 Å². The Bertz CT molecular complexity index is 650. The van der Waals surface area contributed by atoms with Gasteiger partial charge in [0.25, 0.3) is 15.7 Å². The van der Waals surface area contributed by atoms with Crippen LogP contribution in [0.3, 0.4) is 0 Å². The molecule has 11 heteroatoms. The van der Waals surface area contributed by atoms with Gasteiger partial charge < -0.3 is 4.90 Å². The van der Waals surface area contributed by atoms with Crippen LogP contribution in [0.2, 0.25) is 0 Å². The lowest BCUT2D eigenvalue weighted by molar-refractivity contribution is -0.534. The molecule has 0 amide bonds. The second-order valence-electron chi connectivity index (χ2n) is 5.23. The number of hydrogen-bond donors (Lipinski definition) is 1. The number of nitro groups is 2. The standard InChI is InChI=1S/C12H20N4O6S/c1-3-7-14(8-4-2)10-5-6-12(16(19)20,23(13,21)22)9-11(10)15(17)18/h5-6H,3-4,7-9H2,1-2H3,(H2,13,21,22). The maximum atomic E-state index is 11.7. The second kappa shape index (κ2) is 7.04. The SMILES string of the molecule is CCCN(CCC)C1=C([N+](=O)[O-])CC([N+](=O)[O-])(S(N)(=O)=O)C=C1. The minimum Gasteiger partial charge on any atom is -0.366 e. The molecule has 0 aromatic rings. The summed E-state index contributed by atoms with van der Waals surface area (Å²) < 4.78 is 23.3. The van der Waals surface area contributed by atoms with E-state index in [0.717, 1.165) is 25.0 Å². The number of nitrogens with zero attached hydrogens (tertiary/aromatic N) is 3. The van der Waals surface area contributed by atoms with Crippen LogP contribution in [0.15, 0.2) is 23.5 Å². The molecule has 1 atom stereocenters. The lowest BCUT2D eigenvalue weighted by Crippen LogP contribution is -2.50. The zero-order valence-corrected chi connectivity index (χ0v) is 13.8. The Morgan fingerprint density at radius 2 is 1.78 bits per heavy atom. The van der Waals surface area contributed by atoms with Gasteiger partial charge in [-0.05, 0) is 18.9 Å². The molecule has 0 radical (unpaired) electrons. The van der Waals surface area contributed by atoms with Gasteiger partial charge in [-0.25, -0.2) is 13.6 Å². The van der Waals surface area contributed by atoms with E-state index in [9.17, 15) is 28.6 Å². The highest BCUT2D eigenvalue weighted by Crippen LogP contribution is 2.34. The van der Waals surface area contributed by atoms with Gasteiger partial charge >= 0.3 is 4.87 Å². The van der Waals surface area contributed by atoms with Gasteiger partial charge in [-0.15, -0.1) is 0 Å². The molecule has 0 saturated carbocycles. The number of sulfonamides is 1. The number of nitrogens with two attached hydrogens (primary N) is 1. The zero-order valence-electron chi connectivity index (χ0n) is 13.0. The van der Waals surface area contributed by atoms with E-state index in [1.165, 1.54) is 0 Å². The molecule has 23 heavy (non-hydrogen) atoms. The summed E-state index contributed by atoms with van der Waals surface area (Å²) in [5, 5.41) is 27.6. The fourth-order valence-electron chi connectivity index (χ4n) is 2.46. The maximum absolute atomic E-state index is 11.7. The molecule has 1 aliphatic carbocycles. The van der Waals surface area contributed by atoms with Gasteiger partial charge in [0, 0.05) is 24.1 Å². The summed E-state index contributed by atoms with van der Waals surface area (Å²) >= 11 is 0. The van der Waals surface area contributed by atoms with E-state index in [0.29, 0.717) is 13.1 Å². The number of rotatable bonds is 8. The van der Waals surface area contributed by atoms with Gasteiger partial charge in [-0.3, -0.25) is 20.2 Å². The van der Waals surface area contributed by atoms with Crippen LogP contribution in [-0.2, 0) is 10.0 Å². The Hall–Kier alpha value is -2.01. The molecule has 0 fully saturated rings. The molecule has 0 saturated heterocycles. The van der Waals surface area contributed by atoms with Gasteiger partial charge in [0.15, 0.2) is 0 Å². The molecule has 1 unspecified atom stereocenters. The lowest BCUT2D eigenvalue weighted by Gasteiger charge is -2.29. The van der Waals surface area contributed by atoms with E-state index in [2.05, 4.69) is 0 Å². The second-order valence-corrected chi connectivity index (χ2v) is 7.03. The quantitative estimate of drug-likeness (QED) is 0.504. The predicted molar refractivity (Wildman–Crippen MR) is 82.8 cm³/mol. The average Bonchev–Trinajstić information content (AvgIpc) is 2.44. The van der Waals surface area contributed by atoms with Crippen molar-refractivity contribution in [3.05, 3.63) is 43.8 Å². The van der Waals surface area contributed by atoms with E-state index in [1.54, 1.807) is 4.90 Å². The van der Waals surface area contributed by atoms with Crippen LogP contribution >= 0.6 is 0 Å². The Morgan fingerprint density at radius 3 is 2.13 bits per heavy atom. The first-order chi connectivity index (χ1) is 10.6. The topological polar surface area (TPSA) is 150 Å². The van der Waals surface area contributed by atoms with Crippen molar-refractivity contribution in [1.29, 1.82) is 0 Å². The highest BCUT2D eigenvalue weighted by atomic mass is 32.2. The molecule has 1 rings (SSSR count). The first-order valence-electron chi connectivity index (χ1n) is 7.09. The molecule has 0 aromatic heterocycles. The van der Waals surface area contributed by atoms with E-state index in [1.807, 2.05) is 13.8 Å². The first kappa shape index (κ1) is 19.0. The van der Waals surface area contributed by atoms with Gasteiger partial charge in [0.05, 0.1) is 4.92 Å². The molecule has 1 aliphatic rings. The molecule has 0 spiro atoms.